The van der Waals surface area contributed by atoms with Gasteiger partial charge in [-0.05, 0) is 55.3 Å². The number of amides is 1. The van der Waals surface area contributed by atoms with Gasteiger partial charge in [0.1, 0.15) is 23.9 Å². The van der Waals surface area contributed by atoms with Crippen molar-refractivity contribution in [2.24, 2.45) is 0 Å². The number of hydrogen-bond donors (Lipinski definition) is 1. The van der Waals surface area contributed by atoms with Gasteiger partial charge in [-0.15, -0.1) is 0 Å². The molecule has 8 heteroatoms. The predicted octanol–water partition coefficient (Wildman–Crippen LogP) is 4.36. The van der Waals surface area contributed by atoms with Crippen molar-refractivity contribution < 1.29 is 24.2 Å². The summed E-state index contributed by atoms with van der Waals surface area (Å²) in [5, 5.41) is 11.2. The standard InChI is InChI=1S/C28H29N3O5/c1-3-17-36-23-8-5-7-21(18-23)25-24(26(32)20-9-11-22(12-10-20)35-4-2)27(33)28(34)31(25)15-6-14-30-16-13-29-19-30/h3,5,7-13,16,18-19,25,32H,1,4,6,14-15,17H2,2H3. The zero-order chi connectivity index (χ0) is 25.5. The smallest absolute Gasteiger partial charge is 0.295 e. The van der Waals surface area contributed by atoms with E-state index in [-0.39, 0.29) is 11.3 Å². The van der Waals surface area contributed by atoms with Gasteiger partial charge < -0.3 is 24.0 Å². The molecule has 1 atom stereocenters. The molecule has 2 heterocycles. The Morgan fingerprint density at radius 1 is 1.11 bits per heavy atom. The summed E-state index contributed by atoms with van der Waals surface area (Å²) in [5.41, 5.74) is 1.15. The highest BCUT2D eigenvalue weighted by Gasteiger charge is 2.45. The highest BCUT2D eigenvalue weighted by Crippen LogP contribution is 2.40. The molecule has 0 bridgehead atoms. The molecule has 186 valence electrons. The van der Waals surface area contributed by atoms with Gasteiger partial charge in [-0.1, -0.05) is 24.8 Å². The molecule has 1 aliphatic rings. The number of aromatic nitrogens is 2. The highest BCUT2D eigenvalue weighted by atomic mass is 16.5. The highest BCUT2D eigenvalue weighted by molar-refractivity contribution is 6.46. The van der Waals surface area contributed by atoms with Gasteiger partial charge in [0.2, 0.25) is 0 Å². The average Bonchev–Trinajstić information content (AvgIpc) is 3.50. The minimum atomic E-state index is -0.758. The molecule has 8 nitrogen and oxygen atoms in total. The number of aryl methyl sites for hydroxylation is 1. The van der Waals surface area contributed by atoms with Crippen molar-refractivity contribution in [3.63, 3.8) is 0 Å². The van der Waals surface area contributed by atoms with Crippen molar-refractivity contribution in [1.29, 1.82) is 0 Å². The minimum absolute atomic E-state index is 0.0488. The van der Waals surface area contributed by atoms with Crippen molar-refractivity contribution in [3.8, 4) is 11.5 Å². The van der Waals surface area contributed by atoms with Crippen LogP contribution < -0.4 is 9.47 Å². The molecule has 1 saturated heterocycles. The van der Waals surface area contributed by atoms with E-state index < -0.39 is 17.7 Å². The number of imidazole rings is 1. The van der Waals surface area contributed by atoms with Crippen LogP contribution in [0.1, 0.15) is 30.5 Å². The van der Waals surface area contributed by atoms with E-state index in [9.17, 15) is 14.7 Å². The Morgan fingerprint density at radius 3 is 2.61 bits per heavy atom. The van der Waals surface area contributed by atoms with E-state index in [0.29, 0.717) is 55.4 Å². The molecule has 1 unspecified atom stereocenters. The first kappa shape index (κ1) is 24.8. The summed E-state index contributed by atoms with van der Waals surface area (Å²) in [5.74, 6) is -0.354. The molecule has 0 aliphatic carbocycles. The number of aliphatic hydroxyl groups is 1. The number of hydrogen-bond acceptors (Lipinski definition) is 6. The molecule has 3 aromatic rings. The monoisotopic (exact) mass is 487 g/mol. The van der Waals surface area contributed by atoms with E-state index in [2.05, 4.69) is 11.6 Å². The maximum absolute atomic E-state index is 13.2. The van der Waals surface area contributed by atoms with Crippen LogP contribution in [0.3, 0.4) is 0 Å². The fourth-order valence-corrected chi connectivity index (χ4v) is 4.26. The number of carbonyl (C=O) groups excluding carboxylic acids is 2. The number of likely N-dealkylation sites (tertiary alicyclic amines) is 1. The fraction of sp³-hybridized carbons (Fsp3) is 0.250. The quantitative estimate of drug-likeness (QED) is 0.187. The molecule has 1 aliphatic heterocycles. The van der Waals surface area contributed by atoms with Crippen LogP contribution in [-0.4, -0.2) is 51.0 Å². The van der Waals surface area contributed by atoms with Crippen LogP contribution in [0, 0.1) is 0 Å². The third kappa shape index (κ3) is 5.33. The molecular weight excluding hydrogens is 458 g/mol. The second kappa shape index (κ2) is 11.4. The summed E-state index contributed by atoms with van der Waals surface area (Å²) < 4.78 is 13.1. The third-order valence-electron chi connectivity index (χ3n) is 5.89. The van der Waals surface area contributed by atoms with Gasteiger partial charge in [0, 0.05) is 31.0 Å². The SMILES string of the molecule is C=CCOc1cccc(C2C(=C(O)c3ccc(OCC)cc3)C(=O)C(=O)N2CCCn2ccnc2)c1. The number of Topliss-reactive ketones (excluding diaryl/α,β-unsaturated/α-hetero) is 1. The van der Waals surface area contributed by atoms with Crippen molar-refractivity contribution in [2.75, 3.05) is 19.8 Å². The van der Waals surface area contributed by atoms with Gasteiger partial charge in [0.25, 0.3) is 11.7 Å². The van der Waals surface area contributed by atoms with Gasteiger partial charge >= 0.3 is 0 Å². The Hall–Kier alpha value is -4.33. The van der Waals surface area contributed by atoms with Gasteiger partial charge in [-0.2, -0.15) is 0 Å². The lowest BCUT2D eigenvalue weighted by molar-refractivity contribution is -0.139. The summed E-state index contributed by atoms with van der Waals surface area (Å²) in [6, 6.07) is 13.2. The molecule has 1 aromatic heterocycles. The first-order valence-corrected chi connectivity index (χ1v) is 11.8. The van der Waals surface area contributed by atoms with E-state index >= 15 is 0 Å². The molecule has 2 aromatic carbocycles. The summed E-state index contributed by atoms with van der Waals surface area (Å²) in [6.07, 6.45) is 7.49. The Kier molecular flexibility index (Phi) is 7.85. The molecule has 0 saturated carbocycles. The molecule has 36 heavy (non-hydrogen) atoms. The first-order chi connectivity index (χ1) is 17.5. The molecule has 4 rings (SSSR count). The van der Waals surface area contributed by atoms with Gasteiger partial charge in [-0.25, -0.2) is 4.98 Å². The zero-order valence-corrected chi connectivity index (χ0v) is 20.2. The summed E-state index contributed by atoms with van der Waals surface area (Å²) >= 11 is 0. The maximum atomic E-state index is 13.2. The van der Waals surface area contributed by atoms with Gasteiger partial charge in [0.15, 0.2) is 0 Å². The number of nitrogens with zero attached hydrogens (tertiary/aromatic N) is 3. The van der Waals surface area contributed by atoms with E-state index in [0.717, 1.165) is 0 Å². The van der Waals surface area contributed by atoms with E-state index in [1.807, 2.05) is 23.8 Å². The molecule has 0 radical (unpaired) electrons. The van der Waals surface area contributed by atoms with E-state index in [4.69, 9.17) is 9.47 Å². The normalized spacial score (nSPS) is 16.8. The van der Waals surface area contributed by atoms with Crippen LogP contribution in [0.25, 0.3) is 5.76 Å². The topological polar surface area (TPSA) is 93.9 Å². The Labute approximate surface area is 210 Å². The Balaban J connectivity index is 1.72. The van der Waals surface area contributed by atoms with Gasteiger partial charge in [0.05, 0.1) is 24.5 Å². The Morgan fingerprint density at radius 2 is 1.92 bits per heavy atom. The number of ether oxygens (including phenoxy) is 2. The average molecular weight is 488 g/mol. The van der Waals surface area contributed by atoms with Crippen LogP contribution in [0.5, 0.6) is 11.5 Å². The number of rotatable bonds is 11. The molecule has 0 spiro atoms. The predicted molar refractivity (Wildman–Crippen MR) is 136 cm³/mol. The lowest BCUT2D eigenvalue weighted by Gasteiger charge is -2.25. The van der Waals surface area contributed by atoms with Crippen LogP contribution in [-0.2, 0) is 16.1 Å². The number of benzene rings is 2. The summed E-state index contributed by atoms with van der Waals surface area (Å²) in [7, 11) is 0. The molecular formula is C28H29N3O5. The van der Waals surface area contributed by atoms with Crippen LogP contribution in [0.4, 0.5) is 0 Å². The lowest BCUT2D eigenvalue weighted by Crippen LogP contribution is -2.31. The molecule has 1 fully saturated rings. The maximum Gasteiger partial charge on any atom is 0.295 e. The number of aliphatic hydroxyl groups excluding tert-OH is 1. The van der Waals surface area contributed by atoms with E-state index in [1.54, 1.807) is 61.1 Å². The van der Waals surface area contributed by atoms with Crippen LogP contribution >= 0.6 is 0 Å². The fourth-order valence-electron chi connectivity index (χ4n) is 4.26. The third-order valence-corrected chi connectivity index (χ3v) is 5.89. The van der Waals surface area contributed by atoms with Crippen molar-refractivity contribution >= 4 is 17.4 Å². The van der Waals surface area contributed by atoms with Crippen molar-refractivity contribution in [2.45, 2.75) is 25.9 Å². The first-order valence-electron chi connectivity index (χ1n) is 11.8. The Bertz CT molecular complexity index is 1250. The second-order valence-electron chi connectivity index (χ2n) is 8.28. The van der Waals surface area contributed by atoms with Crippen molar-refractivity contribution in [3.05, 3.63) is 96.6 Å². The summed E-state index contributed by atoms with van der Waals surface area (Å²) in [4.78, 5) is 32.0. The molecule has 1 N–H and O–H groups in total. The largest absolute Gasteiger partial charge is 0.507 e. The number of ketones is 1. The zero-order valence-electron chi connectivity index (χ0n) is 20.2. The summed E-state index contributed by atoms with van der Waals surface area (Å²) in [6.45, 7) is 7.35. The lowest BCUT2D eigenvalue weighted by atomic mass is 9.95. The number of carbonyl (C=O) groups is 2. The van der Waals surface area contributed by atoms with Gasteiger partial charge in [-0.3, -0.25) is 9.59 Å². The second-order valence-corrected chi connectivity index (χ2v) is 8.28. The van der Waals surface area contributed by atoms with Crippen LogP contribution in [0.15, 0.2) is 85.5 Å². The molecule has 1 amide bonds. The van der Waals surface area contributed by atoms with Crippen LogP contribution in [0.2, 0.25) is 0 Å². The van der Waals surface area contributed by atoms with E-state index in [1.165, 1.54) is 4.90 Å². The minimum Gasteiger partial charge on any atom is -0.507 e. The van der Waals surface area contributed by atoms with Crippen molar-refractivity contribution in [1.82, 2.24) is 14.5 Å².